The number of rotatable bonds is 5. The molecule has 0 radical (unpaired) electrons. The zero-order valence-corrected chi connectivity index (χ0v) is 16.3. The van der Waals surface area contributed by atoms with Crippen LogP contribution in [0.4, 0.5) is 0 Å². The number of carbonyl (C=O) groups excluding carboxylic acids is 2. The molecule has 7 nitrogen and oxygen atoms in total. The maximum Gasteiger partial charge on any atom is 0.278 e. The summed E-state index contributed by atoms with van der Waals surface area (Å²) in [6, 6.07) is 14.5. The zero-order valence-electron chi connectivity index (χ0n) is 16.3. The Kier molecular flexibility index (Phi) is 6.08. The molecule has 0 fully saturated rings. The second-order valence-electron chi connectivity index (χ2n) is 7.05. The fourth-order valence-electron chi connectivity index (χ4n) is 3.57. The maximum atomic E-state index is 13.1. The molecule has 2 aromatic carbocycles. The van der Waals surface area contributed by atoms with E-state index in [4.69, 9.17) is 10.0 Å². The van der Waals surface area contributed by atoms with Crippen LogP contribution in [0.2, 0.25) is 0 Å². The van der Waals surface area contributed by atoms with Crippen LogP contribution in [0.25, 0.3) is 0 Å². The Hall–Kier alpha value is -2.74. The van der Waals surface area contributed by atoms with Crippen molar-refractivity contribution in [3.05, 3.63) is 70.8 Å². The van der Waals surface area contributed by atoms with Gasteiger partial charge in [-0.25, -0.2) is 5.48 Å². The molecule has 0 aromatic heterocycles. The number of hydrogen-bond donors (Lipinski definition) is 2. The van der Waals surface area contributed by atoms with Gasteiger partial charge in [-0.15, -0.1) is 0 Å². The third-order valence-corrected chi connectivity index (χ3v) is 5.08. The third-order valence-electron chi connectivity index (χ3n) is 5.08. The number of amides is 2. The quantitative estimate of drug-likeness (QED) is 0.613. The Morgan fingerprint density at radius 2 is 1.71 bits per heavy atom. The molecule has 0 spiro atoms. The molecule has 0 saturated heterocycles. The first kappa shape index (κ1) is 20.0. The van der Waals surface area contributed by atoms with Gasteiger partial charge in [-0.2, -0.15) is 5.06 Å². The number of carbonyl (C=O) groups is 2. The van der Waals surface area contributed by atoms with Gasteiger partial charge in [0.2, 0.25) is 0 Å². The fourth-order valence-corrected chi connectivity index (χ4v) is 3.57. The minimum Gasteiger partial charge on any atom is -0.288 e. The lowest BCUT2D eigenvalue weighted by Gasteiger charge is -2.43. The monoisotopic (exact) mass is 383 g/mol. The van der Waals surface area contributed by atoms with Crippen molar-refractivity contribution in [2.24, 2.45) is 0 Å². The smallest absolute Gasteiger partial charge is 0.278 e. The molecule has 3 rings (SSSR count). The molecule has 28 heavy (non-hydrogen) atoms. The van der Waals surface area contributed by atoms with Crippen LogP contribution in [0.1, 0.15) is 45.7 Å². The van der Waals surface area contributed by atoms with Crippen molar-refractivity contribution >= 4 is 11.8 Å². The summed E-state index contributed by atoms with van der Waals surface area (Å²) in [4.78, 5) is 32.4. The predicted octanol–water partition coefficient (Wildman–Crippen LogP) is 2.60. The summed E-state index contributed by atoms with van der Waals surface area (Å²) in [7, 11) is 1.49. The summed E-state index contributed by atoms with van der Waals surface area (Å²) >= 11 is 0. The van der Waals surface area contributed by atoms with Crippen LogP contribution in [0.15, 0.2) is 48.5 Å². The molecule has 1 atom stereocenters. The Bertz CT molecular complexity index is 851. The van der Waals surface area contributed by atoms with Crippen LogP contribution >= 0.6 is 0 Å². The van der Waals surface area contributed by atoms with Crippen LogP contribution in [0, 0.1) is 0 Å². The number of benzene rings is 2. The second kappa shape index (κ2) is 8.52. The molecule has 7 heteroatoms. The average Bonchev–Trinajstić information content (AvgIpc) is 2.73. The lowest BCUT2D eigenvalue weighted by Crippen LogP contribution is -2.55. The van der Waals surface area contributed by atoms with Crippen molar-refractivity contribution in [2.45, 2.75) is 39.0 Å². The third kappa shape index (κ3) is 3.91. The van der Waals surface area contributed by atoms with E-state index in [1.54, 1.807) is 17.6 Å². The van der Waals surface area contributed by atoms with Gasteiger partial charge in [-0.1, -0.05) is 24.3 Å². The Morgan fingerprint density at radius 1 is 1.11 bits per heavy atom. The van der Waals surface area contributed by atoms with Crippen LogP contribution < -0.4 is 5.48 Å². The topological polar surface area (TPSA) is 82.1 Å². The van der Waals surface area contributed by atoms with Gasteiger partial charge in [-0.3, -0.25) is 24.5 Å². The standard InChI is InChI=1S/C21H25N3O4/c1-14(2)23-13-18-7-5-4-6-17(18)12-19(23)24(28-3)21(26)16-10-8-15(9-11-16)20(25)22-27/h4-11,14,19,27H,12-13H2,1-3H3,(H,22,25). The van der Waals surface area contributed by atoms with E-state index in [1.807, 2.05) is 12.1 Å². The van der Waals surface area contributed by atoms with E-state index in [0.717, 1.165) is 6.54 Å². The minimum absolute atomic E-state index is 0.222. The van der Waals surface area contributed by atoms with E-state index in [1.165, 1.54) is 35.4 Å². The van der Waals surface area contributed by atoms with Crippen molar-refractivity contribution in [3.63, 3.8) is 0 Å². The molecule has 0 saturated carbocycles. The van der Waals surface area contributed by atoms with E-state index in [0.29, 0.717) is 12.0 Å². The first-order chi connectivity index (χ1) is 13.5. The number of nitrogens with one attached hydrogen (secondary N) is 1. The SMILES string of the molecule is CON(C(=O)c1ccc(C(=O)NO)cc1)C1Cc2ccccc2CN1C(C)C. The summed E-state index contributed by atoms with van der Waals surface area (Å²) in [6.07, 6.45) is 0.423. The molecule has 2 aromatic rings. The second-order valence-corrected chi connectivity index (χ2v) is 7.05. The van der Waals surface area contributed by atoms with Crippen LogP contribution in [-0.2, 0) is 17.8 Å². The van der Waals surface area contributed by atoms with Crippen molar-refractivity contribution in [1.82, 2.24) is 15.4 Å². The lowest BCUT2D eigenvalue weighted by atomic mass is 9.96. The minimum atomic E-state index is -0.627. The molecule has 2 N–H and O–H groups in total. The largest absolute Gasteiger partial charge is 0.288 e. The summed E-state index contributed by atoms with van der Waals surface area (Å²) in [5.41, 5.74) is 4.70. The predicted molar refractivity (Wildman–Crippen MR) is 103 cm³/mol. The fraction of sp³-hybridized carbons (Fsp3) is 0.333. The highest BCUT2D eigenvalue weighted by molar-refractivity contribution is 5.97. The molecular weight excluding hydrogens is 358 g/mol. The highest BCUT2D eigenvalue weighted by Gasteiger charge is 2.35. The van der Waals surface area contributed by atoms with Crippen molar-refractivity contribution in [2.75, 3.05) is 7.11 Å². The maximum absolute atomic E-state index is 13.1. The normalized spacial score (nSPS) is 16.5. The average molecular weight is 383 g/mol. The van der Waals surface area contributed by atoms with E-state index in [-0.39, 0.29) is 23.7 Å². The number of nitrogens with zero attached hydrogens (tertiary/aromatic N) is 2. The first-order valence-corrected chi connectivity index (χ1v) is 9.21. The van der Waals surface area contributed by atoms with Crippen LogP contribution in [-0.4, -0.2) is 46.3 Å². The highest BCUT2D eigenvalue weighted by atomic mass is 16.7. The Labute approximate surface area is 164 Å². The van der Waals surface area contributed by atoms with E-state index >= 15 is 0 Å². The Balaban J connectivity index is 1.88. The van der Waals surface area contributed by atoms with Gasteiger partial charge in [0.25, 0.3) is 11.8 Å². The molecule has 1 aliphatic rings. The van der Waals surface area contributed by atoms with Gasteiger partial charge in [0.05, 0.1) is 7.11 Å². The highest BCUT2D eigenvalue weighted by Crippen LogP contribution is 2.28. The molecule has 2 amide bonds. The van der Waals surface area contributed by atoms with E-state index < -0.39 is 5.91 Å². The number of hydroxylamine groups is 3. The van der Waals surface area contributed by atoms with Gasteiger partial charge in [-0.05, 0) is 49.2 Å². The number of fused-ring (bicyclic) bond motifs is 1. The van der Waals surface area contributed by atoms with E-state index in [9.17, 15) is 9.59 Å². The Morgan fingerprint density at radius 3 is 2.29 bits per heavy atom. The van der Waals surface area contributed by atoms with Crippen LogP contribution in [0.5, 0.6) is 0 Å². The summed E-state index contributed by atoms with van der Waals surface area (Å²) in [5, 5.41) is 10.1. The molecule has 148 valence electrons. The first-order valence-electron chi connectivity index (χ1n) is 9.21. The van der Waals surface area contributed by atoms with Crippen molar-refractivity contribution in [3.8, 4) is 0 Å². The van der Waals surface area contributed by atoms with E-state index in [2.05, 4.69) is 30.9 Å². The van der Waals surface area contributed by atoms with Gasteiger partial charge in [0.15, 0.2) is 0 Å². The van der Waals surface area contributed by atoms with Crippen LogP contribution in [0.3, 0.4) is 0 Å². The molecular formula is C21H25N3O4. The number of hydrogen-bond acceptors (Lipinski definition) is 5. The molecule has 1 aliphatic heterocycles. The summed E-state index contributed by atoms with van der Waals surface area (Å²) in [5.74, 6) is -0.911. The molecule has 0 bridgehead atoms. The zero-order chi connectivity index (χ0) is 20.3. The van der Waals surface area contributed by atoms with Gasteiger partial charge in [0, 0.05) is 30.1 Å². The lowest BCUT2D eigenvalue weighted by molar-refractivity contribution is -0.171. The summed E-state index contributed by atoms with van der Waals surface area (Å²) < 4.78 is 0. The van der Waals surface area contributed by atoms with Gasteiger partial charge < -0.3 is 0 Å². The molecule has 1 unspecified atom stereocenters. The van der Waals surface area contributed by atoms with Crippen molar-refractivity contribution < 1.29 is 19.6 Å². The van der Waals surface area contributed by atoms with Gasteiger partial charge >= 0.3 is 0 Å². The molecule has 0 aliphatic carbocycles. The molecule has 1 heterocycles. The van der Waals surface area contributed by atoms with Gasteiger partial charge in [0.1, 0.15) is 6.17 Å². The summed E-state index contributed by atoms with van der Waals surface area (Å²) in [6.45, 7) is 4.93. The van der Waals surface area contributed by atoms with Crippen molar-refractivity contribution in [1.29, 1.82) is 0 Å².